The van der Waals surface area contributed by atoms with Crippen molar-refractivity contribution in [1.82, 2.24) is 4.98 Å². The van der Waals surface area contributed by atoms with E-state index in [2.05, 4.69) is 10.3 Å². The Labute approximate surface area is 190 Å². The fourth-order valence-corrected chi connectivity index (χ4v) is 5.03. The van der Waals surface area contributed by atoms with Crippen molar-refractivity contribution in [2.45, 2.75) is 45.3 Å². The SMILES string of the molecule is CC(C)COCC1C[C@]2(CC(C)(c3csc(Nc4ccccc4Cl)n3)OC2=O)C(=O)O1. The molecule has 0 bridgehead atoms. The molecule has 166 valence electrons. The summed E-state index contributed by atoms with van der Waals surface area (Å²) in [6, 6.07) is 7.36. The van der Waals surface area contributed by atoms with Crippen LogP contribution >= 0.6 is 22.9 Å². The third-order valence-corrected chi connectivity index (χ3v) is 6.59. The molecule has 0 saturated carbocycles. The molecule has 3 heterocycles. The Morgan fingerprint density at radius 1 is 1.32 bits per heavy atom. The Morgan fingerprint density at radius 3 is 2.84 bits per heavy atom. The lowest BCUT2D eigenvalue weighted by molar-refractivity contribution is -0.160. The highest BCUT2D eigenvalue weighted by Gasteiger charge is 2.65. The smallest absolute Gasteiger partial charge is 0.324 e. The van der Waals surface area contributed by atoms with Crippen molar-refractivity contribution in [3.05, 3.63) is 40.4 Å². The molecule has 1 aromatic carbocycles. The molecule has 1 spiro atoms. The summed E-state index contributed by atoms with van der Waals surface area (Å²) in [5.41, 5.74) is -0.996. The normalized spacial score (nSPS) is 27.7. The number of para-hydroxylation sites is 1. The maximum Gasteiger partial charge on any atom is 0.324 e. The van der Waals surface area contributed by atoms with Gasteiger partial charge in [0.1, 0.15) is 6.10 Å². The molecule has 2 aliphatic heterocycles. The first-order chi connectivity index (χ1) is 14.7. The number of nitrogens with one attached hydrogen (secondary N) is 1. The highest BCUT2D eigenvalue weighted by atomic mass is 35.5. The Kier molecular flexibility index (Phi) is 5.98. The van der Waals surface area contributed by atoms with Crippen LogP contribution in [0.2, 0.25) is 5.02 Å². The maximum atomic E-state index is 12.8. The summed E-state index contributed by atoms with van der Waals surface area (Å²) in [5, 5.41) is 6.21. The molecule has 2 fully saturated rings. The monoisotopic (exact) mass is 464 g/mol. The van der Waals surface area contributed by atoms with E-state index in [0.29, 0.717) is 28.4 Å². The molecule has 0 radical (unpaired) electrons. The average molecular weight is 465 g/mol. The number of esters is 2. The topological polar surface area (TPSA) is 86.8 Å². The van der Waals surface area contributed by atoms with Crippen LogP contribution in [0.3, 0.4) is 0 Å². The molecule has 2 unspecified atom stereocenters. The Balaban J connectivity index is 1.48. The zero-order valence-electron chi connectivity index (χ0n) is 17.6. The minimum atomic E-state index is -1.31. The number of benzene rings is 1. The standard InChI is InChI=1S/C22H25ClN2O5S/c1-13(2)9-28-10-14-8-22(18(26)29-14)12-21(3,30-19(22)27)17-11-31-20(25-17)24-16-7-5-4-6-15(16)23/h4-7,11,13-14H,8-10,12H2,1-3H3,(H,24,25)/t14?,21?,22-/m0/s1. The van der Waals surface area contributed by atoms with Gasteiger partial charge < -0.3 is 19.5 Å². The Morgan fingerprint density at radius 2 is 2.10 bits per heavy atom. The summed E-state index contributed by atoms with van der Waals surface area (Å²) in [4.78, 5) is 30.1. The minimum absolute atomic E-state index is 0.188. The molecule has 9 heteroatoms. The van der Waals surface area contributed by atoms with E-state index >= 15 is 0 Å². The van der Waals surface area contributed by atoms with Gasteiger partial charge in [0.25, 0.3) is 0 Å². The third-order valence-electron chi connectivity index (χ3n) is 5.50. The van der Waals surface area contributed by atoms with E-state index in [-0.39, 0.29) is 19.4 Å². The van der Waals surface area contributed by atoms with Gasteiger partial charge in [-0.25, -0.2) is 4.98 Å². The van der Waals surface area contributed by atoms with Gasteiger partial charge in [0.15, 0.2) is 16.1 Å². The molecular formula is C22H25ClN2O5S. The summed E-state index contributed by atoms with van der Waals surface area (Å²) >= 11 is 7.58. The molecule has 7 nitrogen and oxygen atoms in total. The van der Waals surface area contributed by atoms with Gasteiger partial charge in [-0.1, -0.05) is 37.6 Å². The van der Waals surface area contributed by atoms with Gasteiger partial charge in [0.05, 0.1) is 23.0 Å². The predicted octanol–water partition coefficient (Wildman–Crippen LogP) is 4.68. The molecule has 2 aromatic rings. The molecule has 1 N–H and O–H groups in total. The number of hydrogen-bond acceptors (Lipinski definition) is 8. The molecule has 3 atom stereocenters. The number of carbonyl (C=O) groups excluding carboxylic acids is 2. The molecule has 0 aliphatic carbocycles. The van der Waals surface area contributed by atoms with Crippen molar-refractivity contribution < 1.29 is 23.8 Å². The van der Waals surface area contributed by atoms with E-state index in [1.165, 1.54) is 11.3 Å². The van der Waals surface area contributed by atoms with Gasteiger partial charge >= 0.3 is 11.9 Å². The summed E-state index contributed by atoms with van der Waals surface area (Å²) in [6.07, 6.45) is -0.00470. The van der Waals surface area contributed by atoms with Crippen molar-refractivity contribution in [2.75, 3.05) is 18.5 Å². The number of aromatic nitrogens is 1. The van der Waals surface area contributed by atoms with Gasteiger partial charge in [-0.15, -0.1) is 11.3 Å². The Hall–Kier alpha value is -2.16. The van der Waals surface area contributed by atoms with Crippen LogP contribution in [-0.2, 0) is 29.4 Å². The number of halogens is 1. The van der Waals surface area contributed by atoms with Gasteiger partial charge in [-0.3, -0.25) is 9.59 Å². The van der Waals surface area contributed by atoms with Gasteiger partial charge in [0.2, 0.25) is 0 Å². The van der Waals surface area contributed by atoms with Crippen molar-refractivity contribution in [1.29, 1.82) is 0 Å². The lowest BCUT2D eigenvalue weighted by Crippen LogP contribution is -2.32. The van der Waals surface area contributed by atoms with Crippen LogP contribution < -0.4 is 5.32 Å². The number of anilines is 2. The zero-order chi connectivity index (χ0) is 22.2. The van der Waals surface area contributed by atoms with Crippen molar-refractivity contribution in [3.8, 4) is 0 Å². The van der Waals surface area contributed by atoms with E-state index in [4.69, 9.17) is 25.8 Å². The van der Waals surface area contributed by atoms with E-state index in [9.17, 15) is 9.59 Å². The van der Waals surface area contributed by atoms with Crippen molar-refractivity contribution >= 4 is 45.7 Å². The van der Waals surface area contributed by atoms with Gasteiger partial charge in [-0.2, -0.15) is 0 Å². The molecule has 4 rings (SSSR count). The fourth-order valence-electron chi connectivity index (χ4n) is 4.00. The second kappa shape index (κ2) is 8.41. The second-order valence-electron chi connectivity index (χ2n) is 8.68. The quantitative estimate of drug-likeness (QED) is 0.470. The first kappa shape index (κ1) is 22.0. The van der Waals surface area contributed by atoms with E-state index in [0.717, 1.165) is 5.69 Å². The molecule has 1 aromatic heterocycles. The summed E-state index contributed by atoms with van der Waals surface area (Å²) in [6.45, 7) is 6.72. The summed E-state index contributed by atoms with van der Waals surface area (Å²) < 4.78 is 16.8. The lowest BCUT2D eigenvalue weighted by atomic mass is 9.78. The number of hydrogen-bond donors (Lipinski definition) is 1. The first-order valence-electron chi connectivity index (χ1n) is 10.2. The zero-order valence-corrected chi connectivity index (χ0v) is 19.2. The fraction of sp³-hybridized carbons (Fsp3) is 0.500. The highest BCUT2D eigenvalue weighted by Crippen LogP contribution is 2.52. The van der Waals surface area contributed by atoms with Crippen LogP contribution in [0.15, 0.2) is 29.6 Å². The van der Waals surface area contributed by atoms with Gasteiger partial charge in [-0.05, 0) is 25.0 Å². The lowest BCUT2D eigenvalue weighted by Gasteiger charge is -2.20. The Bertz CT molecular complexity index is 996. The molecular weight excluding hydrogens is 440 g/mol. The van der Waals surface area contributed by atoms with Crippen LogP contribution in [0, 0.1) is 11.3 Å². The van der Waals surface area contributed by atoms with Crippen molar-refractivity contribution in [3.63, 3.8) is 0 Å². The highest BCUT2D eigenvalue weighted by molar-refractivity contribution is 7.13. The molecule has 31 heavy (non-hydrogen) atoms. The number of cyclic esters (lactones) is 2. The number of nitrogens with zero attached hydrogens (tertiary/aromatic N) is 1. The van der Waals surface area contributed by atoms with E-state index in [1.54, 1.807) is 13.0 Å². The summed E-state index contributed by atoms with van der Waals surface area (Å²) in [7, 11) is 0. The first-order valence-corrected chi connectivity index (χ1v) is 11.5. The van der Waals surface area contributed by atoms with E-state index < -0.39 is 29.1 Å². The largest absolute Gasteiger partial charge is 0.459 e. The van der Waals surface area contributed by atoms with E-state index in [1.807, 2.05) is 37.4 Å². The third kappa shape index (κ3) is 4.29. The van der Waals surface area contributed by atoms with Gasteiger partial charge in [0, 0.05) is 24.8 Å². The average Bonchev–Trinajstić information content (AvgIpc) is 3.36. The van der Waals surface area contributed by atoms with Crippen LogP contribution in [0.25, 0.3) is 0 Å². The van der Waals surface area contributed by atoms with Crippen molar-refractivity contribution in [2.24, 2.45) is 11.3 Å². The number of ether oxygens (including phenoxy) is 3. The second-order valence-corrected chi connectivity index (χ2v) is 9.95. The maximum absolute atomic E-state index is 12.8. The number of rotatable bonds is 7. The number of carbonyl (C=O) groups is 2. The van der Waals surface area contributed by atoms with Crippen LogP contribution in [-0.4, -0.2) is 36.2 Å². The minimum Gasteiger partial charge on any atom is -0.459 e. The van der Waals surface area contributed by atoms with Crippen LogP contribution in [0.4, 0.5) is 10.8 Å². The number of thiazole rings is 1. The summed E-state index contributed by atoms with van der Waals surface area (Å²) in [5.74, 6) is -0.715. The van der Waals surface area contributed by atoms with Crippen LogP contribution in [0.5, 0.6) is 0 Å². The molecule has 2 saturated heterocycles. The van der Waals surface area contributed by atoms with Crippen LogP contribution in [0.1, 0.15) is 39.3 Å². The predicted molar refractivity (Wildman–Crippen MR) is 117 cm³/mol. The molecule has 0 amide bonds. The molecule has 2 aliphatic rings.